The molecule has 0 N–H and O–H groups in total. The molecule has 3 nitrogen and oxygen atoms in total. The Kier molecular flexibility index (Phi) is 3.24. The van der Waals surface area contributed by atoms with Crippen molar-refractivity contribution >= 4 is 15.0 Å². The highest BCUT2D eigenvalue weighted by molar-refractivity contribution is 7.09. The van der Waals surface area contributed by atoms with Gasteiger partial charge in [-0.25, -0.2) is 4.98 Å². The van der Waals surface area contributed by atoms with Crippen LogP contribution in [0, 0.1) is 6.92 Å². The Bertz CT molecular complexity index is 473. The molecule has 1 aromatic heterocycles. The van der Waals surface area contributed by atoms with Crippen molar-refractivity contribution in [2.75, 3.05) is 13.2 Å². The number of hydrogen-bond acceptors (Lipinski definition) is 3. The van der Waals surface area contributed by atoms with Crippen LogP contribution in [0.1, 0.15) is 30.8 Å². The fraction of sp³-hybridized carbons (Fsp3) is 0.462. The lowest BCUT2D eigenvalue weighted by atomic mass is 9.85. The van der Waals surface area contributed by atoms with E-state index < -0.39 is 0 Å². The van der Waals surface area contributed by atoms with E-state index in [0.29, 0.717) is 13.2 Å². The van der Waals surface area contributed by atoms with E-state index in [-0.39, 0.29) is 5.41 Å². The molecule has 0 amide bonds. The molecule has 17 heavy (non-hydrogen) atoms. The highest BCUT2D eigenvalue weighted by Crippen LogP contribution is 2.41. The fourth-order valence-electron chi connectivity index (χ4n) is 2.12. The first-order valence-electron chi connectivity index (χ1n) is 5.60. The van der Waals surface area contributed by atoms with E-state index in [1.165, 1.54) is 5.56 Å². The Labute approximate surface area is 105 Å². The number of aryl methyl sites for hydroxylation is 1. The predicted octanol–water partition coefficient (Wildman–Crippen LogP) is 2.88. The van der Waals surface area contributed by atoms with E-state index >= 15 is 0 Å². The third-order valence-corrected chi connectivity index (χ3v) is 3.33. The van der Waals surface area contributed by atoms with Crippen LogP contribution in [-0.2, 0) is 9.94 Å². The summed E-state index contributed by atoms with van der Waals surface area (Å²) < 4.78 is 11.0. The maximum atomic E-state index is 5.75. The van der Waals surface area contributed by atoms with Crippen molar-refractivity contribution in [1.82, 2.24) is 4.98 Å². The molecule has 0 radical (unpaired) electrons. The van der Waals surface area contributed by atoms with Crippen LogP contribution in [0.2, 0.25) is 0 Å². The number of fused-ring (bicyclic) bond motifs is 1. The number of hydrogen-bond donors (Lipinski definition) is 0. The summed E-state index contributed by atoms with van der Waals surface area (Å²) in [7, 11) is 2.30. The lowest BCUT2D eigenvalue weighted by Gasteiger charge is -2.21. The van der Waals surface area contributed by atoms with E-state index in [4.69, 9.17) is 9.26 Å². The minimum Gasteiger partial charge on any atom is -0.490 e. The molecule has 0 bridgehead atoms. The molecule has 0 aromatic carbocycles. The topological polar surface area (TPSA) is 31.4 Å². The maximum absolute atomic E-state index is 5.75. The highest BCUT2D eigenvalue weighted by atomic mass is 31.0. The van der Waals surface area contributed by atoms with Gasteiger partial charge in [-0.05, 0) is 32.4 Å². The summed E-state index contributed by atoms with van der Waals surface area (Å²) in [4.78, 5) is 4.50. The Morgan fingerprint density at radius 1 is 1.71 bits per heavy atom. The number of aromatic nitrogens is 1. The van der Waals surface area contributed by atoms with Crippen LogP contribution >= 0.6 is 9.47 Å². The van der Waals surface area contributed by atoms with Crippen molar-refractivity contribution < 1.29 is 9.26 Å². The number of pyridine rings is 1. The van der Waals surface area contributed by atoms with Crippen LogP contribution in [0.25, 0.3) is 5.57 Å². The van der Waals surface area contributed by atoms with E-state index in [1.807, 2.05) is 13.8 Å². The summed E-state index contributed by atoms with van der Waals surface area (Å²) in [5.74, 6) is 0.902. The average molecular weight is 251 g/mol. The van der Waals surface area contributed by atoms with Gasteiger partial charge >= 0.3 is 0 Å². The SMILES string of the molecule is C=C(C)c1cc2c(c(C)n1)OC[C@]2(C)COP. The summed E-state index contributed by atoms with van der Waals surface area (Å²) in [6.07, 6.45) is 0. The molecule has 0 spiro atoms. The minimum absolute atomic E-state index is 0.102. The Morgan fingerprint density at radius 3 is 3.00 bits per heavy atom. The number of nitrogens with zero attached hydrogens (tertiary/aromatic N) is 1. The van der Waals surface area contributed by atoms with Crippen LogP contribution in [0.5, 0.6) is 5.75 Å². The zero-order chi connectivity index (χ0) is 12.6. The highest BCUT2D eigenvalue weighted by Gasteiger charge is 2.38. The van der Waals surface area contributed by atoms with Gasteiger partial charge in [-0.1, -0.05) is 6.58 Å². The normalized spacial score (nSPS) is 22.1. The Balaban J connectivity index is 2.54. The van der Waals surface area contributed by atoms with Gasteiger partial charge in [0.05, 0.1) is 23.4 Å². The van der Waals surface area contributed by atoms with Gasteiger partial charge in [0.2, 0.25) is 0 Å². The van der Waals surface area contributed by atoms with Gasteiger partial charge in [0.25, 0.3) is 0 Å². The molecule has 4 heteroatoms. The molecule has 0 saturated heterocycles. The molecular formula is C13H18NO2P. The zero-order valence-corrected chi connectivity index (χ0v) is 11.7. The van der Waals surface area contributed by atoms with Gasteiger partial charge in [-0.15, -0.1) is 0 Å². The van der Waals surface area contributed by atoms with Crippen LogP contribution in [0.3, 0.4) is 0 Å². The average Bonchev–Trinajstić information content (AvgIpc) is 2.57. The van der Waals surface area contributed by atoms with Gasteiger partial charge < -0.3 is 9.26 Å². The summed E-state index contributed by atoms with van der Waals surface area (Å²) in [5, 5.41) is 0. The van der Waals surface area contributed by atoms with Crippen LogP contribution < -0.4 is 4.74 Å². The predicted molar refractivity (Wildman–Crippen MR) is 72.2 cm³/mol. The Morgan fingerprint density at radius 2 is 2.41 bits per heavy atom. The second kappa shape index (κ2) is 4.40. The van der Waals surface area contributed by atoms with Crippen LogP contribution in [0.15, 0.2) is 12.6 Å². The third kappa shape index (κ3) is 2.10. The first-order chi connectivity index (χ1) is 7.98. The summed E-state index contributed by atoms with van der Waals surface area (Å²) in [5.41, 5.74) is 3.90. The first kappa shape index (κ1) is 12.5. The molecule has 2 atom stereocenters. The quantitative estimate of drug-likeness (QED) is 0.774. The molecule has 1 aliphatic heterocycles. The standard InChI is InChI=1S/C13H18NO2P/c1-8(2)11-5-10-12(9(3)14-11)15-6-13(10,4)7-16-17/h5H,1,6-7,17H2,2-4H3/t13-/m1/s1. The Hall–Kier alpha value is -0.920. The molecule has 0 fully saturated rings. The summed E-state index contributed by atoms with van der Waals surface area (Å²) >= 11 is 0. The van der Waals surface area contributed by atoms with Crippen LogP contribution in [0.4, 0.5) is 0 Å². The smallest absolute Gasteiger partial charge is 0.144 e. The summed E-state index contributed by atoms with van der Waals surface area (Å²) in [6.45, 7) is 11.3. The number of allylic oxidation sites excluding steroid dienone is 1. The lowest BCUT2D eigenvalue weighted by Crippen LogP contribution is -2.28. The summed E-state index contributed by atoms with van der Waals surface area (Å²) in [6, 6.07) is 2.07. The molecule has 92 valence electrons. The molecule has 0 aliphatic carbocycles. The van der Waals surface area contributed by atoms with E-state index in [0.717, 1.165) is 22.7 Å². The monoisotopic (exact) mass is 251 g/mol. The first-order valence-corrected chi connectivity index (χ1v) is 6.07. The van der Waals surface area contributed by atoms with Gasteiger partial charge in [0.15, 0.2) is 0 Å². The van der Waals surface area contributed by atoms with Crippen molar-refractivity contribution in [3.05, 3.63) is 29.6 Å². The van der Waals surface area contributed by atoms with Crippen molar-refractivity contribution in [2.45, 2.75) is 26.2 Å². The molecule has 0 saturated carbocycles. The molecule has 1 aliphatic rings. The minimum atomic E-state index is -0.102. The third-order valence-electron chi connectivity index (χ3n) is 3.17. The number of rotatable bonds is 3. The second-order valence-corrected chi connectivity index (χ2v) is 5.24. The van der Waals surface area contributed by atoms with E-state index in [9.17, 15) is 0 Å². The van der Waals surface area contributed by atoms with Gasteiger partial charge in [-0.3, -0.25) is 0 Å². The van der Waals surface area contributed by atoms with Crippen molar-refractivity contribution in [3.63, 3.8) is 0 Å². The number of ether oxygens (including phenoxy) is 1. The van der Waals surface area contributed by atoms with Gasteiger partial charge in [-0.2, -0.15) is 0 Å². The van der Waals surface area contributed by atoms with Crippen LogP contribution in [-0.4, -0.2) is 18.2 Å². The van der Waals surface area contributed by atoms with Crippen molar-refractivity contribution in [3.8, 4) is 5.75 Å². The fourth-order valence-corrected chi connectivity index (χ4v) is 2.49. The van der Waals surface area contributed by atoms with Crippen molar-refractivity contribution in [1.29, 1.82) is 0 Å². The maximum Gasteiger partial charge on any atom is 0.144 e. The molecule has 1 unspecified atom stereocenters. The van der Waals surface area contributed by atoms with Crippen molar-refractivity contribution in [2.24, 2.45) is 0 Å². The molecule has 1 aromatic rings. The van der Waals surface area contributed by atoms with E-state index in [2.05, 4.69) is 34.0 Å². The van der Waals surface area contributed by atoms with Gasteiger partial charge in [0, 0.05) is 15.0 Å². The van der Waals surface area contributed by atoms with E-state index in [1.54, 1.807) is 0 Å². The molecule has 2 heterocycles. The lowest BCUT2D eigenvalue weighted by molar-refractivity contribution is 0.205. The van der Waals surface area contributed by atoms with Gasteiger partial charge in [0.1, 0.15) is 12.4 Å². The molecular weight excluding hydrogens is 233 g/mol. The largest absolute Gasteiger partial charge is 0.490 e. The zero-order valence-electron chi connectivity index (χ0n) is 10.5. The second-order valence-electron chi connectivity index (χ2n) is 4.91. The molecule has 2 rings (SSSR count).